The van der Waals surface area contributed by atoms with Crippen LogP contribution in [0.1, 0.15) is 120 Å². The van der Waals surface area contributed by atoms with E-state index in [-0.39, 0.29) is 43.4 Å². The normalized spacial score (nSPS) is 51.0. The Balaban J connectivity index is 0.885. The van der Waals surface area contributed by atoms with Crippen LogP contribution < -0.4 is 0 Å². The van der Waals surface area contributed by atoms with Crippen molar-refractivity contribution in [2.45, 2.75) is 285 Å². The SMILES string of the molecule is C[C@H](CC[C@@H](O[C@@H]1O[C@H](CO[C@@H]2O[C@H](CO)C[C@H](O)[C@H]2O)[C@@H](O)[C@H](O)[C@H]1O[C@H]1C[C@@H](O)C[C@@H](CO)O1)C(C)(C)O)[C@H]1CC[C@@]2(C)[C@@H]3C(O)C=C4[C@@H](CC[C@H](O[C@@H]5O[C@H](CO[C@@H]6O[C@H](CO)[C@@H](O)[C@H](O)[C@H]6O)[C@@H](O)[C@H](O)[C@H]5O)C4(C)C)[C@]3(C)[C@H](O)C[C@]12C. The van der Waals surface area contributed by atoms with E-state index in [0.717, 1.165) is 18.4 Å². The first kappa shape index (κ1) is 70.0. The molecule has 0 spiro atoms. The maximum absolute atomic E-state index is 12.8. The second-order valence-corrected chi connectivity index (χ2v) is 28.6. The van der Waals surface area contributed by atoms with Gasteiger partial charge < -0.3 is 134 Å². The molecule has 0 amide bonds. The van der Waals surface area contributed by atoms with E-state index < -0.39 is 226 Å². The lowest BCUT2D eigenvalue weighted by Gasteiger charge is -2.68. The van der Waals surface area contributed by atoms with Crippen LogP contribution in [-0.4, -0.2) is 285 Å². The lowest BCUT2D eigenvalue weighted by atomic mass is 9.37. The van der Waals surface area contributed by atoms with Crippen LogP contribution in [0.25, 0.3) is 0 Å². The Hall–Kier alpha value is -1.34. The van der Waals surface area contributed by atoms with Crippen LogP contribution in [0, 0.1) is 45.3 Å². The van der Waals surface area contributed by atoms with Crippen molar-refractivity contribution in [1.82, 2.24) is 0 Å². The summed E-state index contributed by atoms with van der Waals surface area (Å²) in [6, 6.07) is 0. The summed E-state index contributed by atoms with van der Waals surface area (Å²) in [4.78, 5) is 0. The maximum Gasteiger partial charge on any atom is 0.187 e. The molecule has 5 saturated heterocycles. The van der Waals surface area contributed by atoms with Gasteiger partial charge in [0.2, 0.25) is 0 Å². The molecule has 27 heteroatoms. The minimum Gasteiger partial charge on any atom is -0.394 e. The molecular formula is C60H102O27. The van der Waals surface area contributed by atoms with Gasteiger partial charge in [-0.1, -0.05) is 53.2 Å². The van der Waals surface area contributed by atoms with Crippen molar-refractivity contribution in [2.75, 3.05) is 33.0 Å². The molecule has 33 atom stereocenters. The zero-order valence-corrected chi connectivity index (χ0v) is 51.2. The first-order valence-electron chi connectivity index (χ1n) is 31.3. The molecule has 27 nitrogen and oxygen atoms in total. The van der Waals surface area contributed by atoms with Gasteiger partial charge in [-0.2, -0.15) is 0 Å². The second-order valence-electron chi connectivity index (χ2n) is 28.6. The molecule has 0 aromatic rings. The summed E-state index contributed by atoms with van der Waals surface area (Å²) in [7, 11) is 0. The Kier molecular flexibility index (Phi) is 21.9. The third kappa shape index (κ3) is 13.3. The van der Waals surface area contributed by atoms with Crippen LogP contribution >= 0.6 is 0 Å². The Morgan fingerprint density at radius 2 is 1.16 bits per heavy atom. The number of ether oxygens (including phenoxy) is 10. The summed E-state index contributed by atoms with van der Waals surface area (Å²) in [5, 5.41) is 186. The van der Waals surface area contributed by atoms with E-state index in [9.17, 15) is 86.8 Å². The number of aliphatic hydroxyl groups is 17. The van der Waals surface area contributed by atoms with Crippen LogP contribution in [0.3, 0.4) is 0 Å². The Morgan fingerprint density at radius 1 is 0.586 bits per heavy atom. The Bertz CT molecular complexity index is 2280. The largest absolute Gasteiger partial charge is 0.394 e. The molecule has 0 bridgehead atoms. The van der Waals surface area contributed by atoms with E-state index in [0.29, 0.717) is 25.7 Å². The molecule has 9 aliphatic rings. The van der Waals surface area contributed by atoms with E-state index in [1.54, 1.807) is 13.8 Å². The average Bonchev–Trinajstić information content (AvgIpc) is 1.67. The van der Waals surface area contributed by atoms with Crippen LogP contribution in [0.2, 0.25) is 0 Å². The fourth-order valence-corrected chi connectivity index (χ4v) is 17.0. The highest BCUT2D eigenvalue weighted by atomic mass is 16.8. The zero-order valence-electron chi connectivity index (χ0n) is 51.2. The summed E-state index contributed by atoms with van der Waals surface area (Å²) in [6.45, 7) is 13.1. The highest BCUT2D eigenvalue weighted by Crippen LogP contribution is 2.75. The van der Waals surface area contributed by atoms with Gasteiger partial charge in [-0.05, 0) is 87.4 Å². The van der Waals surface area contributed by atoms with Gasteiger partial charge in [-0.25, -0.2) is 0 Å². The molecule has 4 aliphatic carbocycles. The fourth-order valence-electron chi connectivity index (χ4n) is 17.0. The minimum absolute atomic E-state index is 0.0145. The van der Waals surface area contributed by atoms with E-state index in [1.807, 2.05) is 19.9 Å². The zero-order chi connectivity index (χ0) is 63.8. The van der Waals surface area contributed by atoms with Crippen LogP contribution in [-0.2, 0) is 47.4 Å². The van der Waals surface area contributed by atoms with Crippen molar-refractivity contribution < 1.29 is 134 Å². The van der Waals surface area contributed by atoms with Crippen molar-refractivity contribution in [2.24, 2.45) is 45.3 Å². The topological polar surface area (TPSA) is 436 Å². The lowest BCUT2D eigenvalue weighted by Crippen LogP contribution is -2.68. The molecule has 9 rings (SSSR count). The van der Waals surface area contributed by atoms with Gasteiger partial charge in [-0.15, -0.1) is 0 Å². The Labute approximate surface area is 507 Å². The summed E-state index contributed by atoms with van der Waals surface area (Å²) in [6.07, 6.45) is -29.8. The van der Waals surface area contributed by atoms with Gasteiger partial charge >= 0.3 is 0 Å². The van der Waals surface area contributed by atoms with Crippen LogP contribution in [0.4, 0.5) is 0 Å². The number of hydrogen-bond acceptors (Lipinski definition) is 27. The molecular weight excluding hydrogens is 1150 g/mol. The van der Waals surface area contributed by atoms with E-state index in [1.165, 1.54) is 0 Å². The molecule has 1 unspecified atom stereocenters. The number of rotatable bonds is 20. The van der Waals surface area contributed by atoms with Gasteiger partial charge in [0.15, 0.2) is 31.5 Å². The highest BCUT2D eigenvalue weighted by Gasteiger charge is 2.72. The van der Waals surface area contributed by atoms with Crippen LogP contribution in [0.5, 0.6) is 0 Å². The standard InChI is InChI=1S/C60H102O27/c1-25(9-11-39(57(4,5)77)86-55-50(87-40-16-26(64)15-27(20-61)80-40)47(74)44(71)36(84-55)24-78-52-41(68)32(65)17-28(21-62)81-52)29-13-14-58(6)51-33(66)18-31-30(60(51,8)37(67)19-59(29,58)7)10-12-38(56(31,2)3)85-54-49(76)46(73)43(70)35(83-54)23-79-53-48(75)45(72)42(69)34(22-63)82-53/h18,25-30,32-55,61-77H,9-17,19-24H2,1-8H3/t25-,26+,27+,28+,29-,30-,32+,33?,34-,35-,36-,37-,38+,39-,40+,41-,42-,43-,44-,45+,46+,47+,48-,49-,50-,51+,52-,53-,54+,55+,58+,59-,60-/m1/s1. The first-order valence-corrected chi connectivity index (χ1v) is 31.3. The van der Waals surface area contributed by atoms with Crippen molar-refractivity contribution in [3.63, 3.8) is 0 Å². The molecule has 0 radical (unpaired) electrons. The smallest absolute Gasteiger partial charge is 0.187 e. The molecule has 0 aromatic carbocycles. The third-order valence-electron chi connectivity index (χ3n) is 22.4. The monoisotopic (exact) mass is 1250 g/mol. The van der Waals surface area contributed by atoms with Gasteiger partial charge in [0.05, 0.1) is 87.5 Å². The van der Waals surface area contributed by atoms with Crippen molar-refractivity contribution in [3.8, 4) is 0 Å². The average molecular weight is 1260 g/mol. The summed E-state index contributed by atoms with van der Waals surface area (Å²) < 4.78 is 60.2. The predicted octanol–water partition coefficient (Wildman–Crippen LogP) is -3.35. The van der Waals surface area contributed by atoms with Crippen LogP contribution in [0.15, 0.2) is 11.6 Å². The molecule has 3 saturated carbocycles. The first-order chi connectivity index (χ1) is 40.7. The molecule has 5 aliphatic heterocycles. The maximum atomic E-state index is 12.8. The van der Waals surface area contributed by atoms with Gasteiger partial charge in [0.1, 0.15) is 79.4 Å². The fraction of sp³-hybridized carbons (Fsp3) is 0.967. The summed E-state index contributed by atoms with van der Waals surface area (Å²) in [5.74, 6) is -0.643. The minimum atomic E-state index is -1.76. The molecule has 5 heterocycles. The molecule has 504 valence electrons. The molecule has 8 fully saturated rings. The van der Waals surface area contributed by atoms with Gasteiger partial charge in [0, 0.05) is 36.0 Å². The highest BCUT2D eigenvalue weighted by molar-refractivity contribution is 5.34. The van der Waals surface area contributed by atoms with Gasteiger partial charge in [-0.3, -0.25) is 0 Å². The molecule has 0 aromatic heterocycles. The van der Waals surface area contributed by atoms with E-state index >= 15 is 0 Å². The van der Waals surface area contributed by atoms with Gasteiger partial charge in [0.25, 0.3) is 0 Å². The van der Waals surface area contributed by atoms with E-state index in [4.69, 9.17) is 47.4 Å². The predicted molar refractivity (Wildman–Crippen MR) is 297 cm³/mol. The Morgan fingerprint density at radius 3 is 1.78 bits per heavy atom. The molecule has 17 N–H and O–H groups in total. The summed E-state index contributed by atoms with van der Waals surface area (Å²) in [5.41, 5.74) is -3.35. The van der Waals surface area contributed by atoms with Crippen molar-refractivity contribution in [1.29, 1.82) is 0 Å². The second kappa shape index (κ2) is 27.2. The number of fused-ring (bicyclic) bond motifs is 5. The van der Waals surface area contributed by atoms with Crippen molar-refractivity contribution in [3.05, 3.63) is 11.6 Å². The summed E-state index contributed by atoms with van der Waals surface area (Å²) >= 11 is 0. The third-order valence-corrected chi connectivity index (χ3v) is 22.4. The molecule has 87 heavy (non-hydrogen) atoms. The quantitative estimate of drug-likeness (QED) is 0.0530. The lowest BCUT2D eigenvalue weighted by molar-refractivity contribution is -0.364. The number of hydrogen-bond donors (Lipinski definition) is 17. The number of aliphatic hydroxyl groups excluding tert-OH is 16. The van der Waals surface area contributed by atoms with E-state index in [2.05, 4.69) is 27.7 Å². The van der Waals surface area contributed by atoms with Crippen molar-refractivity contribution >= 4 is 0 Å².